The quantitative estimate of drug-likeness (QED) is 0.766. The van der Waals surface area contributed by atoms with Gasteiger partial charge < -0.3 is 10.2 Å². The lowest BCUT2D eigenvalue weighted by Crippen LogP contribution is -2.25. The van der Waals surface area contributed by atoms with Crippen molar-refractivity contribution in [3.8, 4) is 0 Å². The Morgan fingerprint density at radius 3 is 2.67 bits per heavy atom. The van der Waals surface area contributed by atoms with Crippen molar-refractivity contribution in [2.75, 3.05) is 25.0 Å². The number of rotatable bonds is 8. The van der Waals surface area contributed by atoms with Crippen molar-refractivity contribution < 1.29 is 0 Å². The zero-order valence-electron chi connectivity index (χ0n) is 12.2. The highest BCUT2D eigenvalue weighted by Gasteiger charge is 2.06. The van der Waals surface area contributed by atoms with E-state index in [9.17, 15) is 0 Å². The van der Waals surface area contributed by atoms with Crippen LogP contribution in [0.4, 0.5) is 5.82 Å². The SMILES string of the molecule is CCN(CC)CCCC(C)Nc1ncccc1C. The molecule has 0 aliphatic carbocycles. The average molecular weight is 249 g/mol. The van der Waals surface area contributed by atoms with Crippen molar-refractivity contribution in [2.24, 2.45) is 0 Å². The minimum atomic E-state index is 0.481. The molecule has 0 fully saturated rings. The van der Waals surface area contributed by atoms with Gasteiger partial charge in [0.25, 0.3) is 0 Å². The molecule has 0 radical (unpaired) electrons. The smallest absolute Gasteiger partial charge is 0.129 e. The van der Waals surface area contributed by atoms with Gasteiger partial charge in [0, 0.05) is 12.2 Å². The van der Waals surface area contributed by atoms with Crippen LogP contribution in [0, 0.1) is 6.92 Å². The summed E-state index contributed by atoms with van der Waals surface area (Å²) >= 11 is 0. The van der Waals surface area contributed by atoms with Gasteiger partial charge in [-0.05, 0) is 58.0 Å². The Kier molecular flexibility index (Phi) is 6.73. The lowest BCUT2D eigenvalue weighted by molar-refractivity contribution is 0.295. The van der Waals surface area contributed by atoms with Crippen LogP contribution in [0.15, 0.2) is 18.3 Å². The van der Waals surface area contributed by atoms with E-state index in [1.54, 1.807) is 0 Å². The van der Waals surface area contributed by atoms with Gasteiger partial charge in [0.15, 0.2) is 0 Å². The summed E-state index contributed by atoms with van der Waals surface area (Å²) in [7, 11) is 0. The summed E-state index contributed by atoms with van der Waals surface area (Å²) in [4.78, 5) is 6.84. The molecule has 1 heterocycles. The molecule has 18 heavy (non-hydrogen) atoms. The molecule has 1 rings (SSSR count). The van der Waals surface area contributed by atoms with Gasteiger partial charge in [-0.25, -0.2) is 4.98 Å². The highest BCUT2D eigenvalue weighted by Crippen LogP contribution is 2.12. The Labute approximate surface area is 112 Å². The maximum Gasteiger partial charge on any atom is 0.129 e. The van der Waals surface area contributed by atoms with E-state index in [2.05, 4.69) is 49.0 Å². The van der Waals surface area contributed by atoms with Crippen LogP contribution >= 0.6 is 0 Å². The molecule has 0 aliphatic heterocycles. The standard InChI is InChI=1S/C15H27N3/c1-5-18(6-2)12-8-10-14(4)17-15-13(3)9-7-11-16-15/h7,9,11,14H,5-6,8,10,12H2,1-4H3,(H,16,17). The fraction of sp³-hybridized carbons (Fsp3) is 0.667. The van der Waals surface area contributed by atoms with E-state index in [1.165, 1.54) is 24.9 Å². The maximum atomic E-state index is 4.37. The van der Waals surface area contributed by atoms with Gasteiger partial charge in [-0.3, -0.25) is 0 Å². The van der Waals surface area contributed by atoms with E-state index in [0.717, 1.165) is 18.9 Å². The molecular weight excluding hydrogens is 222 g/mol. The molecule has 0 amide bonds. The lowest BCUT2D eigenvalue weighted by Gasteiger charge is -2.20. The predicted molar refractivity (Wildman–Crippen MR) is 79.1 cm³/mol. The molecule has 0 spiro atoms. The molecule has 0 bridgehead atoms. The largest absolute Gasteiger partial charge is 0.367 e. The number of anilines is 1. The van der Waals surface area contributed by atoms with Crippen LogP contribution in [0.2, 0.25) is 0 Å². The molecule has 3 nitrogen and oxygen atoms in total. The summed E-state index contributed by atoms with van der Waals surface area (Å²) in [5.74, 6) is 1.02. The third-order valence-corrected chi connectivity index (χ3v) is 3.40. The van der Waals surface area contributed by atoms with Crippen LogP contribution in [0.25, 0.3) is 0 Å². The van der Waals surface area contributed by atoms with E-state index >= 15 is 0 Å². The Balaban J connectivity index is 2.30. The third-order valence-electron chi connectivity index (χ3n) is 3.40. The number of hydrogen-bond donors (Lipinski definition) is 1. The van der Waals surface area contributed by atoms with Gasteiger partial charge in [0.05, 0.1) is 0 Å². The van der Waals surface area contributed by atoms with Crippen molar-refractivity contribution >= 4 is 5.82 Å². The second-order valence-corrected chi connectivity index (χ2v) is 4.88. The zero-order chi connectivity index (χ0) is 13.4. The molecular formula is C15H27N3. The summed E-state index contributed by atoms with van der Waals surface area (Å²) in [6.07, 6.45) is 4.27. The van der Waals surface area contributed by atoms with E-state index < -0.39 is 0 Å². The van der Waals surface area contributed by atoms with Crippen molar-refractivity contribution in [2.45, 2.75) is 46.6 Å². The van der Waals surface area contributed by atoms with E-state index in [4.69, 9.17) is 0 Å². The monoisotopic (exact) mass is 249 g/mol. The number of nitrogens with zero attached hydrogens (tertiary/aromatic N) is 2. The number of nitrogens with one attached hydrogen (secondary N) is 1. The van der Waals surface area contributed by atoms with Gasteiger partial charge in [0.2, 0.25) is 0 Å². The second kappa shape index (κ2) is 8.09. The molecule has 0 aliphatic rings. The fourth-order valence-electron chi connectivity index (χ4n) is 2.10. The number of aryl methyl sites for hydroxylation is 1. The molecule has 3 heteroatoms. The maximum absolute atomic E-state index is 4.37. The first-order valence-corrected chi connectivity index (χ1v) is 7.07. The predicted octanol–water partition coefficient (Wildman–Crippen LogP) is 3.31. The van der Waals surface area contributed by atoms with Crippen LogP contribution in [0.1, 0.15) is 39.2 Å². The minimum absolute atomic E-state index is 0.481. The van der Waals surface area contributed by atoms with Crippen LogP contribution in [0.5, 0.6) is 0 Å². The lowest BCUT2D eigenvalue weighted by atomic mass is 10.1. The topological polar surface area (TPSA) is 28.2 Å². The highest BCUT2D eigenvalue weighted by molar-refractivity contribution is 5.43. The normalized spacial score (nSPS) is 12.7. The van der Waals surface area contributed by atoms with Crippen molar-refractivity contribution in [3.63, 3.8) is 0 Å². The third kappa shape index (κ3) is 5.05. The summed E-state index contributed by atoms with van der Waals surface area (Å²) in [5, 5.41) is 3.49. The summed E-state index contributed by atoms with van der Waals surface area (Å²) < 4.78 is 0. The average Bonchev–Trinajstić information content (AvgIpc) is 2.37. The summed E-state index contributed by atoms with van der Waals surface area (Å²) in [5.41, 5.74) is 1.22. The molecule has 0 aromatic carbocycles. The first kappa shape index (κ1) is 15.0. The number of hydrogen-bond acceptors (Lipinski definition) is 3. The molecule has 1 N–H and O–H groups in total. The Bertz CT molecular complexity index is 334. The molecule has 0 saturated carbocycles. The Morgan fingerprint density at radius 1 is 1.33 bits per heavy atom. The summed E-state index contributed by atoms with van der Waals surface area (Å²) in [6, 6.07) is 4.55. The molecule has 1 unspecified atom stereocenters. The van der Waals surface area contributed by atoms with E-state index in [0.29, 0.717) is 6.04 Å². The van der Waals surface area contributed by atoms with Crippen LogP contribution in [0.3, 0.4) is 0 Å². The molecule has 1 atom stereocenters. The first-order chi connectivity index (χ1) is 8.67. The van der Waals surface area contributed by atoms with Crippen LogP contribution in [-0.2, 0) is 0 Å². The molecule has 102 valence electrons. The molecule has 1 aromatic heterocycles. The van der Waals surface area contributed by atoms with Crippen LogP contribution in [-0.4, -0.2) is 35.6 Å². The van der Waals surface area contributed by atoms with Gasteiger partial charge in [-0.1, -0.05) is 19.9 Å². The summed E-state index contributed by atoms with van der Waals surface area (Å²) in [6.45, 7) is 12.3. The number of pyridine rings is 1. The second-order valence-electron chi connectivity index (χ2n) is 4.88. The van der Waals surface area contributed by atoms with Crippen molar-refractivity contribution in [1.82, 2.24) is 9.88 Å². The van der Waals surface area contributed by atoms with Crippen LogP contribution < -0.4 is 5.32 Å². The first-order valence-electron chi connectivity index (χ1n) is 7.07. The van der Waals surface area contributed by atoms with Gasteiger partial charge >= 0.3 is 0 Å². The van der Waals surface area contributed by atoms with E-state index in [-0.39, 0.29) is 0 Å². The zero-order valence-corrected chi connectivity index (χ0v) is 12.2. The van der Waals surface area contributed by atoms with Gasteiger partial charge in [-0.2, -0.15) is 0 Å². The van der Waals surface area contributed by atoms with Crippen molar-refractivity contribution in [1.29, 1.82) is 0 Å². The number of aromatic nitrogens is 1. The van der Waals surface area contributed by atoms with E-state index in [1.807, 2.05) is 12.3 Å². The highest BCUT2D eigenvalue weighted by atomic mass is 15.1. The molecule has 0 saturated heterocycles. The fourth-order valence-corrected chi connectivity index (χ4v) is 2.10. The van der Waals surface area contributed by atoms with Gasteiger partial charge in [-0.15, -0.1) is 0 Å². The Hall–Kier alpha value is -1.09. The molecule has 1 aromatic rings. The van der Waals surface area contributed by atoms with Gasteiger partial charge in [0.1, 0.15) is 5.82 Å². The van der Waals surface area contributed by atoms with Crippen molar-refractivity contribution in [3.05, 3.63) is 23.9 Å². The Morgan fingerprint density at radius 2 is 2.06 bits per heavy atom. The minimum Gasteiger partial charge on any atom is -0.367 e.